The van der Waals surface area contributed by atoms with Gasteiger partial charge in [0.2, 0.25) is 0 Å². The van der Waals surface area contributed by atoms with Crippen molar-refractivity contribution in [1.29, 1.82) is 0 Å². The highest BCUT2D eigenvalue weighted by molar-refractivity contribution is 7.10. The predicted molar refractivity (Wildman–Crippen MR) is 65.0 cm³/mol. The smallest absolute Gasteiger partial charge is 0.00765 e. The molecule has 0 saturated carbocycles. The minimum absolute atomic E-state index is 0.591. The Morgan fingerprint density at radius 3 is 2.50 bits per heavy atom. The minimum atomic E-state index is 0.591. The molecule has 0 amide bonds. The fourth-order valence-corrected chi connectivity index (χ4v) is 2.35. The van der Waals surface area contributed by atoms with Crippen LogP contribution in [-0.2, 0) is 0 Å². The van der Waals surface area contributed by atoms with Crippen molar-refractivity contribution in [1.82, 2.24) is 5.32 Å². The quantitative estimate of drug-likeness (QED) is 0.786. The zero-order valence-corrected chi connectivity index (χ0v) is 10.4. The summed E-state index contributed by atoms with van der Waals surface area (Å²) in [6.07, 6.45) is 0. The van der Waals surface area contributed by atoms with Crippen LogP contribution in [0.15, 0.2) is 17.5 Å². The molecule has 0 aliphatic carbocycles. The third-order valence-corrected chi connectivity index (χ3v) is 3.77. The number of hydrogen-bond acceptors (Lipinski definition) is 2. The normalized spacial score (nSPS) is 15.8. The predicted octanol–water partition coefficient (Wildman–Crippen LogP) is 3.49. The second-order valence-electron chi connectivity index (χ2n) is 4.34. The number of thiophene rings is 1. The number of rotatable bonds is 5. The Morgan fingerprint density at radius 2 is 2.00 bits per heavy atom. The molecule has 80 valence electrons. The molecule has 1 heterocycles. The van der Waals surface area contributed by atoms with Gasteiger partial charge in [-0.2, -0.15) is 0 Å². The molecule has 1 N–H and O–H groups in total. The van der Waals surface area contributed by atoms with Crippen LogP contribution in [0, 0.1) is 5.92 Å². The van der Waals surface area contributed by atoms with Gasteiger partial charge < -0.3 is 5.32 Å². The van der Waals surface area contributed by atoms with Crippen LogP contribution in [0.5, 0.6) is 0 Å². The lowest BCUT2D eigenvalue weighted by Crippen LogP contribution is -2.29. The Labute approximate surface area is 91.5 Å². The molecule has 0 aromatic carbocycles. The first-order valence-corrected chi connectivity index (χ1v) is 6.26. The summed E-state index contributed by atoms with van der Waals surface area (Å²) in [7, 11) is 0. The van der Waals surface area contributed by atoms with Crippen molar-refractivity contribution in [3.8, 4) is 0 Å². The summed E-state index contributed by atoms with van der Waals surface area (Å²) < 4.78 is 0. The van der Waals surface area contributed by atoms with Crippen LogP contribution in [0.4, 0.5) is 0 Å². The molecule has 0 spiro atoms. The fourth-order valence-electron chi connectivity index (χ4n) is 1.43. The average molecular weight is 211 g/mol. The maximum atomic E-state index is 3.49. The average Bonchev–Trinajstić information content (AvgIpc) is 2.65. The monoisotopic (exact) mass is 211 g/mol. The van der Waals surface area contributed by atoms with E-state index < -0.39 is 0 Å². The summed E-state index contributed by atoms with van der Waals surface area (Å²) in [4.78, 5) is 1.50. The SMILES string of the molecule is CC(C)NCC(C)C(C)c1cccs1. The van der Waals surface area contributed by atoms with E-state index in [2.05, 4.69) is 50.5 Å². The highest BCUT2D eigenvalue weighted by Crippen LogP contribution is 2.27. The standard InChI is InChI=1S/C12H21NS/c1-9(2)13-8-10(3)11(4)12-6-5-7-14-12/h5-7,9-11,13H,8H2,1-4H3. The molecule has 1 aromatic rings. The lowest BCUT2D eigenvalue weighted by molar-refractivity contribution is 0.429. The number of nitrogens with one attached hydrogen (secondary N) is 1. The van der Waals surface area contributed by atoms with E-state index in [-0.39, 0.29) is 0 Å². The van der Waals surface area contributed by atoms with Gasteiger partial charge in [-0.25, -0.2) is 0 Å². The van der Waals surface area contributed by atoms with Gasteiger partial charge in [0.1, 0.15) is 0 Å². The molecule has 2 heteroatoms. The molecule has 2 unspecified atom stereocenters. The molecule has 1 aromatic heterocycles. The first kappa shape index (κ1) is 11.7. The number of hydrogen-bond donors (Lipinski definition) is 1. The molecule has 14 heavy (non-hydrogen) atoms. The van der Waals surface area contributed by atoms with E-state index in [4.69, 9.17) is 0 Å². The van der Waals surface area contributed by atoms with Gasteiger partial charge in [-0.3, -0.25) is 0 Å². The molecule has 0 radical (unpaired) electrons. The fraction of sp³-hybridized carbons (Fsp3) is 0.667. The summed E-state index contributed by atoms with van der Waals surface area (Å²) >= 11 is 1.87. The maximum absolute atomic E-state index is 3.49. The van der Waals surface area contributed by atoms with Crippen molar-refractivity contribution in [3.05, 3.63) is 22.4 Å². The van der Waals surface area contributed by atoms with Crippen molar-refractivity contribution in [3.63, 3.8) is 0 Å². The molecular weight excluding hydrogens is 190 g/mol. The molecule has 1 rings (SSSR count). The van der Waals surface area contributed by atoms with Crippen molar-refractivity contribution in [2.45, 2.75) is 39.7 Å². The zero-order chi connectivity index (χ0) is 10.6. The van der Waals surface area contributed by atoms with E-state index in [1.807, 2.05) is 11.3 Å². The van der Waals surface area contributed by atoms with Crippen LogP contribution in [0.1, 0.15) is 38.5 Å². The van der Waals surface area contributed by atoms with Crippen LogP contribution < -0.4 is 5.32 Å². The van der Waals surface area contributed by atoms with Gasteiger partial charge in [-0.05, 0) is 29.8 Å². The second-order valence-corrected chi connectivity index (χ2v) is 5.32. The van der Waals surface area contributed by atoms with E-state index in [1.165, 1.54) is 4.88 Å². The van der Waals surface area contributed by atoms with E-state index in [0.29, 0.717) is 17.9 Å². The first-order valence-electron chi connectivity index (χ1n) is 5.38. The van der Waals surface area contributed by atoms with Crippen molar-refractivity contribution in [2.75, 3.05) is 6.54 Å². The van der Waals surface area contributed by atoms with Crippen LogP contribution in [0.3, 0.4) is 0 Å². The molecule has 2 atom stereocenters. The van der Waals surface area contributed by atoms with Gasteiger partial charge in [0.15, 0.2) is 0 Å². The van der Waals surface area contributed by atoms with Crippen LogP contribution >= 0.6 is 11.3 Å². The third-order valence-electron chi connectivity index (χ3n) is 2.69. The second kappa shape index (κ2) is 5.52. The van der Waals surface area contributed by atoms with Gasteiger partial charge in [0.05, 0.1) is 0 Å². The van der Waals surface area contributed by atoms with E-state index in [1.54, 1.807) is 0 Å². The molecule has 0 aliphatic rings. The van der Waals surface area contributed by atoms with E-state index in [0.717, 1.165) is 6.54 Å². The van der Waals surface area contributed by atoms with E-state index in [9.17, 15) is 0 Å². The molecule has 0 saturated heterocycles. The molecule has 0 fully saturated rings. The molecular formula is C12H21NS. The Balaban J connectivity index is 2.41. The topological polar surface area (TPSA) is 12.0 Å². The van der Waals surface area contributed by atoms with Gasteiger partial charge in [0.25, 0.3) is 0 Å². The molecule has 0 aliphatic heterocycles. The summed E-state index contributed by atoms with van der Waals surface area (Å²) in [5.74, 6) is 1.37. The molecule has 1 nitrogen and oxygen atoms in total. The van der Waals surface area contributed by atoms with E-state index >= 15 is 0 Å². The van der Waals surface area contributed by atoms with Gasteiger partial charge >= 0.3 is 0 Å². The van der Waals surface area contributed by atoms with Crippen molar-refractivity contribution >= 4 is 11.3 Å². The largest absolute Gasteiger partial charge is 0.314 e. The van der Waals surface area contributed by atoms with Crippen molar-refractivity contribution < 1.29 is 0 Å². The summed E-state index contributed by atoms with van der Waals surface area (Å²) in [6.45, 7) is 10.1. The Kier molecular flexibility index (Phi) is 4.63. The van der Waals surface area contributed by atoms with Crippen molar-refractivity contribution in [2.24, 2.45) is 5.92 Å². The highest BCUT2D eigenvalue weighted by atomic mass is 32.1. The van der Waals surface area contributed by atoms with Gasteiger partial charge in [-0.1, -0.05) is 33.8 Å². The first-order chi connectivity index (χ1) is 6.61. The lowest BCUT2D eigenvalue weighted by Gasteiger charge is -2.20. The summed E-state index contributed by atoms with van der Waals surface area (Å²) in [6, 6.07) is 4.97. The van der Waals surface area contributed by atoms with Gasteiger partial charge in [-0.15, -0.1) is 11.3 Å². The third kappa shape index (κ3) is 3.43. The minimum Gasteiger partial charge on any atom is -0.314 e. The van der Waals surface area contributed by atoms with Crippen LogP contribution in [-0.4, -0.2) is 12.6 Å². The summed E-state index contributed by atoms with van der Waals surface area (Å²) in [5.41, 5.74) is 0. The molecule has 0 bridgehead atoms. The zero-order valence-electron chi connectivity index (χ0n) is 9.58. The van der Waals surface area contributed by atoms with Gasteiger partial charge in [0, 0.05) is 10.9 Å². The lowest BCUT2D eigenvalue weighted by atomic mass is 9.94. The van der Waals surface area contributed by atoms with Crippen LogP contribution in [0.2, 0.25) is 0 Å². The maximum Gasteiger partial charge on any atom is 0.00765 e. The Hall–Kier alpha value is -0.340. The van der Waals surface area contributed by atoms with Crippen LogP contribution in [0.25, 0.3) is 0 Å². The summed E-state index contributed by atoms with van der Waals surface area (Å²) in [5, 5.41) is 5.65. The Morgan fingerprint density at radius 1 is 1.29 bits per heavy atom. The highest BCUT2D eigenvalue weighted by Gasteiger charge is 2.14. The Bertz CT molecular complexity index is 241.